The average molecular weight is 350 g/mol. The van der Waals surface area contributed by atoms with E-state index in [0.717, 1.165) is 17.1 Å². The smallest absolute Gasteiger partial charge is 0.265 e. The van der Waals surface area contributed by atoms with Gasteiger partial charge < -0.3 is 5.32 Å². The van der Waals surface area contributed by atoms with E-state index in [1.54, 1.807) is 26.0 Å². The fourth-order valence-electron chi connectivity index (χ4n) is 2.71. The lowest BCUT2D eigenvalue weighted by molar-refractivity contribution is -0.120. The summed E-state index contributed by atoms with van der Waals surface area (Å²) >= 11 is 0. The molecule has 24 heavy (non-hydrogen) atoms. The van der Waals surface area contributed by atoms with Crippen LogP contribution in [0.4, 0.5) is 0 Å². The van der Waals surface area contributed by atoms with Gasteiger partial charge in [-0.05, 0) is 32.4 Å². The van der Waals surface area contributed by atoms with E-state index in [1.807, 2.05) is 6.92 Å². The molecule has 1 aromatic carbocycles. The van der Waals surface area contributed by atoms with Crippen LogP contribution >= 0.6 is 0 Å². The lowest BCUT2D eigenvalue weighted by Crippen LogP contribution is -2.41. The van der Waals surface area contributed by atoms with Gasteiger partial charge in [-0.3, -0.25) is 13.9 Å². The van der Waals surface area contributed by atoms with Crippen LogP contribution in [0.2, 0.25) is 0 Å². The Morgan fingerprint density at radius 3 is 2.50 bits per heavy atom. The lowest BCUT2D eigenvalue weighted by atomic mass is 10.1. The Balaban J connectivity index is 2.51. The predicted octanol–water partition coefficient (Wildman–Crippen LogP) is 2.43. The maximum Gasteiger partial charge on any atom is 0.265 e. The molecule has 0 spiro atoms. The van der Waals surface area contributed by atoms with Gasteiger partial charge in [-0.25, -0.2) is 8.42 Å². The Labute approximate surface area is 142 Å². The van der Waals surface area contributed by atoms with Crippen molar-refractivity contribution in [1.29, 1.82) is 0 Å². The molecule has 0 aromatic heterocycles. The van der Waals surface area contributed by atoms with Crippen LogP contribution in [0.25, 0.3) is 0 Å². The van der Waals surface area contributed by atoms with Gasteiger partial charge in [0.15, 0.2) is 0 Å². The van der Waals surface area contributed by atoms with E-state index in [-0.39, 0.29) is 34.3 Å². The summed E-state index contributed by atoms with van der Waals surface area (Å²) < 4.78 is 26.6. The van der Waals surface area contributed by atoms with Crippen LogP contribution in [0.3, 0.4) is 0 Å². The molecule has 1 aromatic rings. The van der Waals surface area contributed by atoms with E-state index in [0.29, 0.717) is 6.42 Å². The number of carbonyl (C=O) groups is 2. The van der Waals surface area contributed by atoms with Crippen molar-refractivity contribution >= 4 is 21.7 Å². The van der Waals surface area contributed by atoms with Crippen molar-refractivity contribution in [3.63, 3.8) is 0 Å². The minimum Gasteiger partial charge on any atom is -0.328 e. The van der Waals surface area contributed by atoms with Gasteiger partial charge in [-0.1, -0.05) is 25.5 Å². The molecule has 1 N–H and O–H groups in total. The minimum atomic E-state index is -3.81. The molecular weight excluding hydrogens is 328 g/mol. The van der Waals surface area contributed by atoms with E-state index in [4.69, 9.17) is 0 Å². The van der Waals surface area contributed by atoms with Crippen LogP contribution in [-0.2, 0) is 14.8 Å². The number of Topliss-reactive ketones (excluding diaryl/α,β-unsaturated/α-hetero) is 1. The SMILES string of the molecule is CCCCC(=O)NC(C)=C1C(=O)c2ccccc2S(=O)(=O)N1CC. The van der Waals surface area contributed by atoms with Crippen molar-refractivity contribution in [3.05, 3.63) is 41.2 Å². The van der Waals surface area contributed by atoms with Crippen molar-refractivity contribution in [2.75, 3.05) is 6.54 Å². The molecule has 1 amide bonds. The highest BCUT2D eigenvalue weighted by Gasteiger charge is 2.39. The molecule has 0 aliphatic carbocycles. The number of hydrogen-bond acceptors (Lipinski definition) is 4. The van der Waals surface area contributed by atoms with Crippen molar-refractivity contribution < 1.29 is 18.0 Å². The Kier molecular flexibility index (Phi) is 5.43. The third-order valence-electron chi connectivity index (χ3n) is 3.89. The summed E-state index contributed by atoms with van der Waals surface area (Å²) in [4.78, 5) is 24.7. The average Bonchev–Trinajstić information content (AvgIpc) is 2.55. The Bertz CT molecular complexity index is 797. The molecule has 0 fully saturated rings. The first kappa shape index (κ1) is 18.2. The van der Waals surface area contributed by atoms with Gasteiger partial charge in [0.25, 0.3) is 10.0 Å². The van der Waals surface area contributed by atoms with Crippen molar-refractivity contribution in [2.24, 2.45) is 0 Å². The Morgan fingerprint density at radius 2 is 1.88 bits per heavy atom. The first-order valence-corrected chi connectivity index (χ1v) is 9.45. The molecule has 1 heterocycles. The fraction of sp³-hybridized carbons (Fsp3) is 0.412. The summed E-state index contributed by atoms with van der Waals surface area (Å²) in [6.07, 6.45) is 1.95. The van der Waals surface area contributed by atoms with Gasteiger partial charge in [-0.2, -0.15) is 0 Å². The first-order valence-electron chi connectivity index (χ1n) is 8.01. The summed E-state index contributed by atoms with van der Waals surface area (Å²) in [5.74, 6) is -0.613. The summed E-state index contributed by atoms with van der Waals surface area (Å²) in [5, 5.41) is 2.66. The van der Waals surface area contributed by atoms with Gasteiger partial charge in [0.1, 0.15) is 5.70 Å². The molecule has 6 nitrogen and oxygen atoms in total. The topological polar surface area (TPSA) is 83.5 Å². The van der Waals surface area contributed by atoms with Gasteiger partial charge >= 0.3 is 0 Å². The van der Waals surface area contributed by atoms with Crippen LogP contribution in [-0.4, -0.2) is 31.0 Å². The number of nitrogens with one attached hydrogen (secondary N) is 1. The Hall–Kier alpha value is -2.15. The van der Waals surface area contributed by atoms with Crippen molar-refractivity contribution in [1.82, 2.24) is 9.62 Å². The van der Waals surface area contributed by atoms with Crippen LogP contribution in [0.15, 0.2) is 40.6 Å². The standard InChI is InChI=1S/C17H22N2O4S/c1-4-6-11-15(20)18-12(3)16-17(21)13-9-7-8-10-14(13)24(22,23)19(16)5-2/h7-10H,4-6,11H2,1-3H3,(H,18,20). The molecule has 0 saturated heterocycles. The van der Waals surface area contributed by atoms with E-state index >= 15 is 0 Å². The second-order valence-corrected chi connectivity index (χ2v) is 7.45. The third-order valence-corrected chi connectivity index (χ3v) is 5.82. The number of allylic oxidation sites excluding steroid dienone is 2. The number of carbonyl (C=O) groups excluding carboxylic acids is 2. The first-order chi connectivity index (χ1) is 11.3. The molecule has 1 aliphatic rings. The van der Waals surface area contributed by atoms with E-state index in [1.165, 1.54) is 12.1 Å². The van der Waals surface area contributed by atoms with E-state index < -0.39 is 15.8 Å². The monoisotopic (exact) mass is 350 g/mol. The molecule has 2 rings (SSSR count). The highest BCUT2D eigenvalue weighted by atomic mass is 32.2. The molecule has 1 aliphatic heterocycles. The molecule has 0 radical (unpaired) electrons. The molecular formula is C17H22N2O4S. The highest BCUT2D eigenvalue weighted by molar-refractivity contribution is 7.89. The maximum absolute atomic E-state index is 12.8. The minimum absolute atomic E-state index is 0.00529. The maximum atomic E-state index is 12.8. The second-order valence-electron chi connectivity index (χ2n) is 5.62. The normalized spacial score (nSPS) is 18.1. The number of amides is 1. The fourth-order valence-corrected chi connectivity index (χ4v) is 4.44. The molecule has 0 atom stereocenters. The zero-order valence-electron chi connectivity index (χ0n) is 14.1. The zero-order valence-corrected chi connectivity index (χ0v) is 14.9. The number of unbranched alkanes of at least 4 members (excludes halogenated alkanes) is 1. The van der Waals surface area contributed by atoms with Crippen LogP contribution in [0.5, 0.6) is 0 Å². The molecule has 7 heteroatoms. The third kappa shape index (κ3) is 3.21. The summed E-state index contributed by atoms with van der Waals surface area (Å²) in [6, 6.07) is 6.14. The van der Waals surface area contributed by atoms with E-state index in [9.17, 15) is 18.0 Å². The molecule has 0 unspecified atom stereocenters. The van der Waals surface area contributed by atoms with E-state index in [2.05, 4.69) is 5.32 Å². The number of sulfonamides is 1. The van der Waals surface area contributed by atoms with Gasteiger partial charge in [0.2, 0.25) is 11.7 Å². The Morgan fingerprint density at radius 1 is 1.21 bits per heavy atom. The number of rotatable bonds is 5. The number of nitrogens with zero attached hydrogens (tertiary/aromatic N) is 1. The second kappa shape index (κ2) is 7.17. The molecule has 0 saturated carbocycles. The summed E-state index contributed by atoms with van der Waals surface area (Å²) in [6.45, 7) is 5.31. The number of benzene rings is 1. The summed E-state index contributed by atoms with van der Waals surface area (Å²) in [5.41, 5.74) is 0.418. The van der Waals surface area contributed by atoms with Crippen LogP contribution < -0.4 is 5.32 Å². The lowest BCUT2D eigenvalue weighted by Gasteiger charge is -2.31. The number of hydrogen-bond donors (Lipinski definition) is 1. The number of ketones is 1. The zero-order chi connectivity index (χ0) is 17.9. The largest absolute Gasteiger partial charge is 0.328 e. The van der Waals surface area contributed by atoms with Crippen molar-refractivity contribution in [2.45, 2.75) is 44.9 Å². The van der Waals surface area contributed by atoms with Crippen LogP contribution in [0.1, 0.15) is 50.4 Å². The molecule has 130 valence electrons. The summed E-state index contributed by atoms with van der Waals surface area (Å²) in [7, 11) is -3.81. The quantitative estimate of drug-likeness (QED) is 0.827. The van der Waals surface area contributed by atoms with Crippen molar-refractivity contribution in [3.8, 4) is 0 Å². The number of likely N-dealkylation sites (N-methyl/N-ethyl adjacent to an activating group) is 1. The van der Waals surface area contributed by atoms with Gasteiger partial charge in [0.05, 0.1) is 4.90 Å². The van der Waals surface area contributed by atoms with Crippen LogP contribution in [0, 0.1) is 0 Å². The van der Waals surface area contributed by atoms with Gasteiger partial charge in [-0.15, -0.1) is 0 Å². The highest BCUT2D eigenvalue weighted by Crippen LogP contribution is 2.32. The number of fused-ring (bicyclic) bond motifs is 1. The van der Waals surface area contributed by atoms with Gasteiger partial charge in [0, 0.05) is 24.2 Å². The molecule has 0 bridgehead atoms. The predicted molar refractivity (Wildman–Crippen MR) is 90.7 cm³/mol.